The highest BCUT2D eigenvalue weighted by Crippen LogP contribution is 2.26. The van der Waals surface area contributed by atoms with Crippen LogP contribution in [0.2, 0.25) is 0 Å². The molecule has 2 aromatic carbocycles. The van der Waals surface area contributed by atoms with Crippen LogP contribution in [0, 0.1) is 0 Å². The molecule has 1 atom stereocenters. The molecular weight excluding hydrogens is 414 g/mol. The number of piperazine rings is 1. The van der Waals surface area contributed by atoms with E-state index in [9.17, 15) is 4.79 Å². The van der Waals surface area contributed by atoms with Gasteiger partial charge in [0, 0.05) is 50.7 Å². The van der Waals surface area contributed by atoms with Crippen molar-refractivity contribution in [1.82, 2.24) is 24.8 Å². The summed E-state index contributed by atoms with van der Waals surface area (Å²) in [7, 11) is 1.76. The van der Waals surface area contributed by atoms with Crippen molar-refractivity contribution in [3.05, 3.63) is 89.1 Å². The first-order valence-electron chi connectivity index (χ1n) is 10.9. The molecule has 3 heterocycles. The van der Waals surface area contributed by atoms with E-state index in [1.54, 1.807) is 23.9 Å². The summed E-state index contributed by atoms with van der Waals surface area (Å²) in [5, 5.41) is 3.59. The van der Waals surface area contributed by atoms with Gasteiger partial charge >= 0.3 is 0 Å². The summed E-state index contributed by atoms with van der Waals surface area (Å²) < 4.78 is 1.59. The molecule has 0 saturated carbocycles. The summed E-state index contributed by atoms with van der Waals surface area (Å²) in [5.41, 5.74) is 11.1. The van der Waals surface area contributed by atoms with Crippen LogP contribution in [0.5, 0.6) is 0 Å². The first-order valence-corrected chi connectivity index (χ1v) is 10.9. The maximum absolute atomic E-state index is 12.7. The van der Waals surface area contributed by atoms with Crippen molar-refractivity contribution in [2.24, 2.45) is 7.05 Å². The van der Waals surface area contributed by atoms with Gasteiger partial charge in [0.25, 0.3) is 5.56 Å². The van der Waals surface area contributed by atoms with E-state index in [-0.39, 0.29) is 11.6 Å². The fraction of sp³-hybridized carbons (Fsp3) is 0.200. The summed E-state index contributed by atoms with van der Waals surface area (Å²) in [6.07, 6.45) is 3.11. The van der Waals surface area contributed by atoms with Gasteiger partial charge in [-0.1, -0.05) is 36.4 Å². The molecule has 4 aromatic rings. The van der Waals surface area contributed by atoms with Crippen LogP contribution in [0.4, 0.5) is 11.6 Å². The number of nitrogens with two attached hydrogens (primary N) is 1. The molecule has 0 radical (unpaired) electrons. The van der Waals surface area contributed by atoms with E-state index < -0.39 is 0 Å². The molecule has 0 aliphatic carbocycles. The molecule has 8 heteroatoms. The lowest BCUT2D eigenvalue weighted by Gasteiger charge is -2.35. The Morgan fingerprint density at radius 2 is 1.73 bits per heavy atom. The lowest BCUT2D eigenvalue weighted by atomic mass is 9.99. The zero-order chi connectivity index (χ0) is 22.8. The maximum atomic E-state index is 12.7. The minimum absolute atomic E-state index is 0.114. The molecule has 3 N–H and O–H groups in total. The lowest BCUT2D eigenvalue weighted by molar-refractivity contribution is 0.462. The summed E-state index contributed by atoms with van der Waals surface area (Å²) in [6, 6.07) is 19.8. The van der Waals surface area contributed by atoms with E-state index >= 15 is 0 Å². The lowest BCUT2D eigenvalue weighted by Crippen LogP contribution is -2.47. The molecule has 8 nitrogen and oxygen atoms in total. The third-order valence-electron chi connectivity index (χ3n) is 5.97. The number of rotatable bonds is 4. The topological polar surface area (TPSA) is 102 Å². The van der Waals surface area contributed by atoms with Gasteiger partial charge in [-0.2, -0.15) is 0 Å². The molecule has 0 bridgehead atoms. The Balaban J connectivity index is 1.39. The Labute approximate surface area is 191 Å². The zero-order valence-electron chi connectivity index (χ0n) is 18.3. The van der Waals surface area contributed by atoms with Gasteiger partial charge in [-0.25, -0.2) is 15.0 Å². The van der Waals surface area contributed by atoms with Crippen molar-refractivity contribution in [1.29, 1.82) is 0 Å². The normalized spacial score (nSPS) is 16.0. The predicted octanol–water partition coefficient (Wildman–Crippen LogP) is 2.64. The van der Waals surface area contributed by atoms with Crippen LogP contribution in [0.1, 0.15) is 11.6 Å². The highest BCUT2D eigenvalue weighted by atomic mass is 16.1. The molecule has 33 heavy (non-hydrogen) atoms. The van der Waals surface area contributed by atoms with Crippen LogP contribution in [0.3, 0.4) is 0 Å². The molecule has 1 aliphatic rings. The second-order valence-corrected chi connectivity index (χ2v) is 8.13. The van der Waals surface area contributed by atoms with Crippen molar-refractivity contribution >= 4 is 11.6 Å². The highest BCUT2D eigenvalue weighted by Gasteiger charge is 2.24. The van der Waals surface area contributed by atoms with Gasteiger partial charge in [0.2, 0.25) is 5.95 Å². The van der Waals surface area contributed by atoms with Crippen molar-refractivity contribution in [2.45, 2.75) is 6.04 Å². The number of hydrogen-bond acceptors (Lipinski definition) is 7. The third-order valence-corrected chi connectivity index (χ3v) is 5.97. The van der Waals surface area contributed by atoms with Crippen molar-refractivity contribution in [3.63, 3.8) is 0 Å². The predicted molar refractivity (Wildman–Crippen MR) is 130 cm³/mol. The second-order valence-electron chi connectivity index (χ2n) is 8.13. The minimum atomic E-state index is -0.114. The second kappa shape index (κ2) is 8.84. The van der Waals surface area contributed by atoms with Crippen LogP contribution in [-0.2, 0) is 7.05 Å². The molecule has 1 fully saturated rings. The van der Waals surface area contributed by atoms with Crippen LogP contribution in [0.25, 0.3) is 22.5 Å². The molecular formula is C25H25N7O. The molecule has 0 spiro atoms. The molecule has 2 aromatic heterocycles. The van der Waals surface area contributed by atoms with Gasteiger partial charge in [0.1, 0.15) is 6.33 Å². The fourth-order valence-electron chi connectivity index (χ4n) is 4.12. The van der Waals surface area contributed by atoms with Gasteiger partial charge in [0.15, 0.2) is 0 Å². The summed E-state index contributed by atoms with van der Waals surface area (Å²) in [5.74, 6) is 0.640. The summed E-state index contributed by atoms with van der Waals surface area (Å²) in [6.45, 7) is 2.25. The van der Waals surface area contributed by atoms with Gasteiger partial charge in [-0.15, -0.1) is 0 Å². The summed E-state index contributed by atoms with van der Waals surface area (Å²) >= 11 is 0. The molecule has 1 saturated heterocycles. The van der Waals surface area contributed by atoms with Crippen molar-refractivity contribution < 1.29 is 0 Å². The van der Waals surface area contributed by atoms with Gasteiger partial charge in [-0.05, 0) is 34.9 Å². The number of benzene rings is 2. The number of nitrogen functional groups attached to an aromatic ring is 1. The van der Waals surface area contributed by atoms with E-state index in [0.29, 0.717) is 23.9 Å². The average Bonchev–Trinajstić information content (AvgIpc) is 2.87. The molecule has 0 unspecified atom stereocenters. The van der Waals surface area contributed by atoms with Crippen LogP contribution in [0.15, 0.2) is 78.0 Å². The van der Waals surface area contributed by atoms with Crippen molar-refractivity contribution in [3.8, 4) is 22.5 Å². The van der Waals surface area contributed by atoms with Gasteiger partial charge in [-0.3, -0.25) is 9.36 Å². The Bertz CT molecular complexity index is 1300. The Kier molecular flexibility index (Phi) is 5.58. The van der Waals surface area contributed by atoms with E-state index in [0.717, 1.165) is 29.9 Å². The smallest absolute Gasteiger partial charge is 0.255 e. The summed E-state index contributed by atoms with van der Waals surface area (Å²) in [4.78, 5) is 27.8. The number of nitrogens with one attached hydrogen (secondary N) is 1. The van der Waals surface area contributed by atoms with Gasteiger partial charge in [0.05, 0.1) is 11.4 Å². The van der Waals surface area contributed by atoms with Gasteiger partial charge < -0.3 is 16.0 Å². The van der Waals surface area contributed by atoms with E-state index in [2.05, 4.69) is 44.5 Å². The Morgan fingerprint density at radius 3 is 2.42 bits per heavy atom. The number of hydrogen-bond donors (Lipinski definition) is 2. The first kappa shape index (κ1) is 20.8. The molecule has 1 aliphatic heterocycles. The largest absolute Gasteiger partial charge is 0.399 e. The molecule has 0 amide bonds. The standard InChI is InChI=1S/C25H25N7O/c1-31-24(33)14-22(21-10-11-27-16-29-21)30-25(31)32-13-12-28-23(15-32)19-4-2-17(3-5-19)18-6-8-20(26)9-7-18/h2-11,14,16,23,28H,12-13,15,26H2,1H3/t23-/m1/s1. The maximum Gasteiger partial charge on any atom is 0.255 e. The minimum Gasteiger partial charge on any atom is -0.399 e. The average molecular weight is 440 g/mol. The third kappa shape index (κ3) is 4.33. The monoisotopic (exact) mass is 439 g/mol. The quantitative estimate of drug-likeness (QED) is 0.471. The number of nitrogens with zero attached hydrogens (tertiary/aromatic N) is 5. The zero-order valence-corrected chi connectivity index (χ0v) is 18.3. The Morgan fingerprint density at radius 1 is 1.00 bits per heavy atom. The van der Waals surface area contributed by atoms with Crippen molar-refractivity contribution in [2.75, 3.05) is 30.3 Å². The van der Waals surface area contributed by atoms with E-state index in [1.165, 1.54) is 18.0 Å². The number of anilines is 2. The first-order chi connectivity index (χ1) is 16.1. The molecule has 5 rings (SSSR count). The Hall–Kier alpha value is -4.04. The van der Waals surface area contributed by atoms with E-state index in [4.69, 9.17) is 10.7 Å². The number of aromatic nitrogens is 4. The van der Waals surface area contributed by atoms with E-state index in [1.807, 2.05) is 24.3 Å². The van der Waals surface area contributed by atoms with Crippen LogP contribution >= 0.6 is 0 Å². The highest BCUT2D eigenvalue weighted by molar-refractivity contribution is 5.66. The van der Waals surface area contributed by atoms with Crippen LogP contribution in [-0.4, -0.2) is 39.2 Å². The SMILES string of the molecule is Cn1c(N2CCN[C@@H](c3ccc(-c4ccc(N)cc4)cc3)C2)nc(-c2ccncn2)cc1=O. The fourth-order valence-corrected chi connectivity index (χ4v) is 4.12. The molecule has 166 valence electrons. The van der Waals surface area contributed by atoms with Crippen LogP contribution < -0.4 is 21.5 Å².